The van der Waals surface area contributed by atoms with Gasteiger partial charge in [0.25, 0.3) is 0 Å². The Kier molecular flexibility index (Phi) is 4.67. The fourth-order valence-electron chi connectivity index (χ4n) is 1.57. The van der Waals surface area contributed by atoms with Gasteiger partial charge in [0.2, 0.25) is 0 Å². The van der Waals surface area contributed by atoms with Gasteiger partial charge in [0.05, 0.1) is 0 Å². The molecule has 0 aromatic rings. The van der Waals surface area contributed by atoms with Crippen LogP contribution < -0.4 is 29.6 Å². The Morgan fingerprint density at radius 1 is 1.14 bits per heavy atom. The van der Waals surface area contributed by atoms with Crippen LogP contribution >= 0.6 is 0 Å². The minimum Gasteiger partial charge on any atom is -0.746 e. The van der Waals surface area contributed by atoms with E-state index in [1.54, 1.807) is 0 Å². The predicted molar refractivity (Wildman–Crippen MR) is 46.9 cm³/mol. The molecule has 1 saturated carbocycles. The van der Waals surface area contributed by atoms with Gasteiger partial charge in [0, 0.05) is 0 Å². The smallest absolute Gasteiger partial charge is 0.746 e. The van der Waals surface area contributed by atoms with Crippen LogP contribution in [0.3, 0.4) is 0 Å². The van der Waals surface area contributed by atoms with Gasteiger partial charge in [-0.2, -0.15) is 0 Å². The molecule has 1 aliphatic rings. The summed E-state index contributed by atoms with van der Waals surface area (Å²) in [5.41, 5.74) is 0.0386. The summed E-state index contributed by atoms with van der Waals surface area (Å²) >= 11 is 0. The van der Waals surface area contributed by atoms with E-state index < -0.39 is 15.1 Å². The maximum atomic E-state index is 10.7. The Morgan fingerprint density at radius 3 is 1.79 bits per heavy atom. The molecule has 0 amide bonds. The minimum atomic E-state index is -4.57. The number of rotatable bonds is 1. The number of hydrogen-bond acceptors (Lipinski definition) is 4. The molecule has 0 atom stereocenters. The average Bonchev–Trinajstić information content (AvgIpc) is 1.94. The Morgan fingerprint density at radius 2 is 1.50 bits per heavy atom. The fourth-order valence-corrected chi connectivity index (χ4v) is 2.27. The van der Waals surface area contributed by atoms with E-state index in [1.165, 1.54) is 0 Å². The van der Waals surface area contributed by atoms with Crippen molar-refractivity contribution in [3.8, 4) is 0 Å². The van der Waals surface area contributed by atoms with Crippen molar-refractivity contribution in [1.82, 2.24) is 0 Å². The molecule has 1 rings (SSSR count). The predicted octanol–water partition coefficient (Wildman–Crippen LogP) is -2.18. The minimum absolute atomic E-state index is 0. The van der Waals surface area contributed by atoms with E-state index in [1.807, 2.05) is 13.8 Å². The Labute approximate surface area is 107 Å². The van der Waals surface area contributed by atoms with Crippen LogP contribution in [0.5, 0.6) is 0 Å². The van der Waals surface area contributed by atoms with E-state index in [9.17, 15) is 18.1 Å². The fraction of sp³-hybridized carbons (Fsp3) is 1.00. The molecule has 0 unspecified atom stereocenters. The van der Waals surface area contributed by atoms with Crippen molar-refractivity contribution in [3.05, 3.63) is 0 Å². The van der Waals surface area contributed by atoms with Crippen molar-refractivity contribution < 1.29 is 47.6 Å². The van der Waals surface area contributed by atoms with Gasteiger partial charge in [-0.1, -0.05) is 13.8 Å². The van der Waals surface area contributed by atoms with Gasteiger partial charge in [0.1, 0.15) is 10.1 Å². The summed E-state index contributed by atoms with van der Waals surface area (Å²) in [5.74, 6) is 0. The van der Waals surface area contributed by atoms with Crippen LogP contribution in [0.2, 0.25) is 0 Å². The Bertz CT molecular complexity index is 286. The zero-order valence-corrected chi connectivity index (χ0v) is 11.7. The van der Waals surface area contributed by atoms with Crippen LogP contribution in [0.25, 0.3) is 0 Å². The third kappa shape index (κ3) is 3.18. The summed E-state index contributed by atoms with van der Waals surface area (Å²) in [6, 6.07) is 0. The zero-order valence-electron chi connectivity index (χ0n) is 8.91. The van der Waals surface area contributed by atoms with Crippen molar-refractivity contribution in [2.24, 2.45) is 5.41 Å². The zero-order chi connectivity index (χ0) is 10.3. The molecule has 1 fully saturated rings. The molecule has 4 nitrogen and oxygen atoms in total. The first-order valence-corrected chi connectivity index (χ1v) is 5.75. The molecule has 0 radical (unpaired) electrons. The molecule has 78 valence electrons. The molecular formula is C8H15NaO4S. The van der Waals surface area contributed by atoms with Crippen LogP contribution in [0.15, 0.2) is 0 Å². The van der Waals surface area contributed by atoms with Crippen LogP contribution in [0.4, 0.5) is 0 Å². The molecule has 0 saturated heterocycles. The Balaban J connectivity index is 0.00000169. The maximum absolute atomic E-state index is 10.7. The van der Waals surface area contributed by atoms with Crippen molar-refractivity contribution in [3.63, 3.8) is 0 Å². The van der Waals surface area contributed by atoms with E-state index in [0.29, 0.717) is 12.8 Å². The van der Waals surface area contributed by atoms with Crippen molar-refractivity contribution in [1.29, 1.82) is 0 Å². The molecule has 14 heavy (non-hydrogen) atoms. The normalized spacial score (nSPS) is 25.1. The van der Waals surface area contributed by atoms with E-state index in [0.717, 1.165) is 0 Å². The largest absolute Gasteiger partial charge is 1.00 e. The average molecular weight is 230 g/mol. The van der Waals surface area contributed by atoms with E-state index in [2.05, 4.69) is 0 Å². The van der Waals surface area contributed by atoms with Gasteiger partial charge in [-0.25, -0.2) is 8.42 Å². The topological polar surface area (TPSA) is 77.4 Å². The molecule has 0 aromatic carbocycles. The summed E-state index contributed by atoms with van der Waals surface area (Å²) in [6.45, 7) is 4.01. The monoisotopic (exact) mass is 230 g/mol. The molecule has 1 N–H and O–H groups in total. The summed E-state index contributed by atoms with van der Waals surface area (Å²) in [7, 11) is -4.57. The van der Waals surface area contributed by atoms with Crippen LogP contribution in [0.1, 0.15) is 39.5 Å². The van der Waals surface area contributed by atoms with Crippen molar-refractivity contribution in [2.45, 2.75) is 44.5 Å². The molecule has 0 spiro atoms. The van der Waals surface area contributed by atoms with Gasteiger partial charge in [-0.15, -0.1) is 0 Å². The summed E-state index contributed by atoms with van der Waals surface area (Å²) in [4.78, 5) is -2.01. The van der Waals surface area contributed by atoms with E-state index in [-0.39, 0.29) is 47.8 Å². The Hall–Kier alpha value is 0.870. The summed E-state index contributed by atoms with van der Waals surface area (Å²) in [5, 5.41) is 9.54. The van der Waals surface area contributed by atoms with Gasteiger partial charge in [-0.3, -0.25) is 0 Å². The second kappa shape index (κ2) is 4.39. The second-order valence-corrected chi connectivity index (χ2v) is 6.23. The first kappa shape index (κ1) is 14.9. The first-order chi connectivity index (χ1) is 5.66. The van der Waals surface area contributed by atoms with Gasteiger partial charge in [0.15, 0.2) is 4.93 Å². The number of aliphatic hydroxyl groups is 1. The van der Waals surface area contributed by atoms with Crippen LogP contribution in [-0.2, 0) is 10.1 Å². The molecule has 6 heteroatoms. The first-order valence-electron chi connectivity index (χ1n) is 4.34. The SMILES string of the molecule is CC1(C)CCC(O)(S(=O)(=O)[O-])CC1.[Na+]. The molecule has 0 bridgehead atoms. The van der Waals surface area contributed by atoms with Gasteiger partial charge in [-0.05, 0) is 31.1 Å². The molecule has 0 aromatic heterocycles. The van der Waals surface area contributed by atoms with Gasteiger partial charge >= 0.3 is 29.6 Å². The van der Waals surface area contributed by atoms with Crippen molar-refractivity contribution in [2.75, 3.05) is 0 Å². The van der Waals surface area contributed by atoms with Crippen LogP contribution in [0, 0.1) is 5.41 Å². The van der Waals surface area contributed by atoms with Gasteiger partial charge < -0.3 is 9.66 Å². The third-order valence-electron chi connectivity index (χ3n) is 2.85. The van der Waals surface area contributed by atoms with E-state index in [4.69, 9.17) is 0 Å². The maximum Gasteiger partial charge on any atom is 1.00 e. The number of hydrogen-bond donors (Lipinski definition) is 1. The molecular weight excluding hydrogens is 215 g/mol. The standard InChI is InChI=1S/C8H16O4S.Na/c1-7(2)3-5-8(9,6-4-7)13(10,11)12;/h9H,3-6H2,1-2H3,(H,10,11,12);/q;+1/p-1. The quantitative estimate of drug-likeness (QED) is 0.410. The van der Waals surface area contributed by atoms with Crippen LogP contribution in [-0.4, -0.2) is 23.0 Å². The summed E-state index contributed by atoms with van der Waals surface area (Å²) < 4.78 is 32.1. The van der Waals surface area contributed by atoms with Crippen molar-refractivity contribution >= 4 is 10.1 Å². The molecule has 1 aliphatic carbocycles. The third-order valence-corrected chi connectivity index (χ3v) is 4.19. The second-order valence-electron chi connectivity index (χ2n) is 4.56. The molecule has 0 heterocycles. The summed E-state index contributed by atoms with van der Waals surface area (Å²) in [6.07, 6.45) is 1.27. The van der Waals surface area contributed by atoms with E-state index >= 15 is 0 Å². The molecule has 0 aliphatic heterocycles.